The number of aromatic carboxylic acids is 1. The number of hydrogen-bond donors (Lipinski definition) is 2. The van der Waals surface area contributed by atoms with Crippen LogP contribution in [0.25, 0.3) is 0 Å². The smallest absolute Gasteiger partial charge is 0.352 e. The molecule has 100 valence electrons. The van der Waals surface area contributed by atoms with Crippen LogP contribution in [-0.2, 0) is 16.1 Å². The van der Waals surface area contributed by atoms with Crippen molar-refractivity contribution in [2.24, 2.45) is 0 Å². The van der Waals surface area contributed by atoms with Crippen LogP contribution in [0.15, 0.2) is 18.3 Å². The van der Waals surface area contributed by atoms with Crippen molar-refractivity contribution in [1.29, 1.82) is 0 Å². The maximum atomic E-state index is 11.6. The maximum absolute atomic E-state index is 11.6. The molecule has 0 bridgehead atoms. The van der Waals surface area contributed by atoms with Gasteiger partial charge < -0.3 is 19.7 Å². The lowest BCUT2D eigenvalue weighted by Gasteiger charge is -2.07. The quantitative estimate of drug-likeness (QED) is 0.670. The number of methoxy groups -OCH3 is 1. The Bertz CT molecular complexity index is 401. The summed E-state index contributed by atoms with van der Waals surface area (Å²) >= 11 is 0. The van der Waals surface area contributed by atoms with Gasteiger partial charge in [-0.25, -0.2) is 4.79 Å². The van der Waals surface area contributed by atoms with Gasteiger partial charge >= 0.3 is 5.97 Å². The molecule has 1 amide bonds. The largest absolute Gasteiger partial charge is 0.477 e. The Balaban J connectivity index is 2.31. The number of nitrogens with one attached hydrogen (secondary N) is 1. The van der Waals surface area contributed by atoms with E-state index in [2.05, 4.69) is 5.32 Å². The second kappa shape index (κ2) is 7.50. The molecule has 18 heavy (non-hydrogen) atoms. The van der Waals surface area contributed by atoms with Crippen molar-refractivity contribution in [2.45, 2.75) is 19.4 Å². The molecule has 6 heteroatoms. The molecule has 0 aliphatic heterocycles. The number of carbonyl (C=O) groups is 2. The lowest BCUT2D eigenvalue weighted by atomic mass is 10.3. The molecular weight excluding hydrogens is 236 g/mol. The summed E-state index contributed by atoms with van der Waals surface area (Å²) < 4.78 is 6.30. The highest BCUT2D eigenvalue weighted by Gasteiger charge is 2.10. The summed E-state index contributed by atoms with van der Waals surface area (Å²) in [7, 11) is 1.64. The summed E-state index contributed by atoms with van der Waals surface area (Å²) in [6.07, 6.45) is 3.31. The first kappa shape index (κ1) is 14.2. The summed E-state index contributed by atoms with van der Waals surface area (Å²) in [6.45, 7) is 1.28. The Labute approximate surface area is 106 Å². The number of nitrogens with zero attached hydrogens (tertiary/aromatic N) is 1. The third-order valence-electron chi connectivity index (χ3n) is 2.46. The van der Waals surface area contributed by atoms with E-state index >= 15 is 0 Å². The van der Waals surface area contributed by atoms with Gasteiger partial charge in [0.05, 0.1) is 0 Å². The maximum Gasteiger partial charge on any atom is 0.352 e. The molecule has 0 aliphatic rings. The molecular formula is C12H18N2O4. The molecule has 0 saturated carbocycles. The van der Waals surface area contributed by atoms with Gasteiger partial charge in [0.25, 0.3) is 0 Å². The van der Waals surface area contributed by atoms with Gasteiger partial charge in [-0.15, -0.1) is 0 Å². The third kappa shape index (κ3) is 4.58. The summed E-state index contributed by atoms with van der Waals surface area (Å²) in [5, 5.41) is 11.6. The van der Waals surface area contributed by atoms with E-state index in [1.807, 2.05) is 0 Å². The standard InChI is InChI=1S/C12H18N2O4/c1-18-8-3-2-6-13-11(15)9-14-7-4-5-10(14)12(16)17/h4-5,7H,2-3,6,8-9H2,1H3,(H,13,15)(H,16,17). The van der Waals surface area contributed by atoms with Gasteiger partial charge in [0.2, 0.25) is 5.91 Å². The van der Waals surface area contributed by atoms with E-state index in [0.29, 0.717) is 13.2 Å². The van der Waals surface area contributed by atoms with Crippen LogP contribution in [0.3, 0.4) is 0 Å². The number of carbonyl (C=O) groups excluding carboxylic acids is 1. The van der Waals surface area contributed by atoms with Crippen molar-refractivity contribution in [2.75, 3.05) is 20.3 Å². The first-order chi connectivity index (χ1) is 8.65. The summed E-state index contributed by atoms with van der Waals surface area (Å²) in [5.41, 5.74) is 0.115. The molecule has 1 heterocycles. The minimum atomic E-state index is -1.03. The van der Waals surface area contributed by atoms with Gasteiger partial charge in [0.1, 0.15) is 12.2 Å². The summed E-state index contributed by atoms with van der Waals surface area (Å²) in [4.78, 5) is 22.4. The number of ether oxygens (including phenoxy) is 1. The van der Waals surface area contributed by atoms with Crippen LogP contribution in [0.2, 0.25) is 0 Å². The van der Waals surface area contributed by atoms with E-state index in [1.54, 1.807) is 19.4 Å². The number of carboxylic acids is 1. The van der Waals surface area contributed by atoms with E-state index < -0.39 is 5.97 Å². The first-order valence-corrected chi connectivity index (χ1v) is 5.79. The number of amides is 1. The average molecular weight is 254 g/mol. The second-order valence-corrected chi connectivity index (χ2v) is 3.88. The van der Waals surface area contributed by atoms with Crippen LogP contribution >= 0.6 is 0 Å². The average Bonchev–Trinajstić information content (AvgIpc) is 2.77. The van der Waals surface area contributed by atoms with Gasteiger partial charge in [-0.2, -0.15) is 0 Å². The predicted molar refractivity (Wildman–Crippen MR) is 65.5 cm³/mol. The van der Waals surface area contributed by atoms with E-state index in [-0.39, 0.29) is 18.1 Å². The van der Waals surface area contributed by atoms with Crippen LogP contribution < -0.4 is 5.32 Å². The van der Waals surface area contributed by atoms with Crippen molar-refractivity contribution in [3.63, 3.8) is 0 Å². The van der Waals surface area contributed by atoms with E-state index in [1.165, 1.54) is 10.6 Å². The van der Waals surface area contributed by atoms with Crippen molar-refractivity contribution in [3.8, 4) is 0 Å². The van der Waals surface area contributed by atoms with Crippen LogP contribution in [0.1, 0.15) is 23.3 Å². The molecule has 0 radical (unpaired) electrons. The topological polar surface area (TPSA) is 80.6 Å². The number of unbranched alkanes of at least 4 members (excludes halogenated alkanes) is 1. The van der Waals surface area contributed by atoms with Crippen molar-refractivity contribution >= 4 is 11.9 Å². The van der Waals surface area contributed by atoms with Crippen molar-refractivity contribution < 1.29 is 19.4 Å². The molecule has 0 saturated heterocycles. The Morgan fingerprint density at radius 1 is 1.44 bits per heavy atom. The Kier molecular flexibility index (Phi) is 5.93. The lowest BCUT2D eigenvalue weighted by Crippen LogP contribution is -2.29. The monoisotopic (exact) mass is 254 g/mol. The fraction of sp³-hybridized carbons (Fsp3) is 0.500. The molecule has 0 aromatic carbocycles. The molecule has 1 rings (SSSR count). The molecule has 6 nitrogen and oxygen atoms in total. The second-order valence-electron chi connectivity index (χ2n) is 3.88. The van der Waals surface area contributed by atoms with Crippen molar-refractivity contribution in [3.05, 3.63) is 24.0 Å². The molecule has 2 N–H and O–H groups in total. The van der Waals surface area contributed by atoms with Gasteiger partial charge in [-0.3, -0.25) is 4.79 Å². The zero-order valence-electron chi connectivity index (χ0n) is 10.4. The molecule has 1 aromatic rings. The SMILES string of the molecule is COCCCCNC(=O)Cn1cccc1C(=O)O. The Morgan fingerprint density at radius 3 is 2.89 bits per heavy atom. The Morgan fingerprint density at radius 2 is 2.22 bits per heavy atom. The summed E-state index contributed by atoms with van der Waals surface area (Å²) in [5.74, 6) is -1.22. The van der Waals surface area contributed by atoms with Crippen LogP contribution in [0.5, 0.6) is 0 Å². The molecule has 1 aromatic heterocycles. The van der Waals surface area contributed by atoms with Crippen molar-refractivity contribution in [1.82, 2.24) is 9.88 Å². The highest BCUT2D eigenvalue weighted by atomic mass is 16.5. The zero-order valence-corrected chi connectivity index (χ0v) is 10.4. The molecule has 0 spiro atoms. The van der Waals surface area contributed by atoms with Gasteiger partial charge in [-0.1, -0.05) is 0 Å². The summed E-state index contributed by atoms with van der Waals surface area (Å²) in [6, 6.07) is 3.07. The highest BCUT2D eigenvalue weighted by molar-refractivity contribution is 5.86. The van der Waals surface area contributed by atoms with Gasteiger partial charge in [0, 0.05) is 26.5 Å². The molecule has 0 atom stereocenters. The minimum absolute atomic E-state index is 0.0267. The number of carboxylic acid groups (broad SMARTS) is 1. The van der Waals surface area contributed by atoms with Gasteiger partial charge in [-0.05, 0) is 25.0 Å². The van der Waals surface area contributed by atoms with E-state index in [4.69, 9.17) is 9.84 Å². The first-order valence-electron chi connectivity index (χ1n) is 5.79. The predicted octanol–water partition coefficient (Wildman–Crippen LogP) is 0.729. The van der Waals surface area contributed by atoms with E-state index in [9.17, 15) is 9.59 Å². The van der Waals surface area contributed by atoms with Crippen LogP contribution in [0, 0.1) is 0 Å². The fourth-order valence-corrected chi connectivity index (χ4v) is 1.56. The lowest BCUT2D eigenvalue weighted by molar-refractivity contribution is -0.121. The third-order valence-corrected chi connectivity index (χ3v) is 2.46. The molecule has 0 unspecified atom stereocenters. The molecule has 0 fully saturated rings. The normalized spacial score (nSPS) is 10.3. The number of hydrogen-bond acceptors (Lipinski definition) is 3. The number of rotatable bonds is 8. The number of aromatic nitrogens is 1. The van der Waals surface area contributed by atoms with Crippen LogP contribution in [-0.4, -0.2) is 41.8 Å². The minimum Gasteiger partial charge on any atom is -0.477 e. The van der Waals surface area contributed by atoms with Gasteiger partial charge in [0.15, 0.2) is 0 Å². The van der Waals surface area contributed by atoms with E-state index in [0.717, 1.165) is 12.8 Å². The zero-order chi connectivity index (χ0) is 13.4. The molecule has 0 aliphatic carbocycles. The van der Waals surface area contributed by atoms with Crippen LogP contribution in [0.4, 0.5) is 0 Å². The Hall–Kier alpha value is -1.82. The highest BCUT2D eigenvalue weighted by Crippen LogP contribution is 2.01. The fourth-order valence-electron chi connectivity index (χ4n) is 1.56.